The van der Waals surface area contributed by atoms with Gasteiger partial charge in [0.05, 0.1) is 6.20 Å². The van der Waals surface area contributed by atoms with Gasteiger partial charge in [0.15, 0.2) is 0 Å². The number of piperidine rings is 1. The first-order valence-corrected chi connectivity index (χ1v) is 6.37. The van der Waals surface area contributed by atoms with Gasteiger partial charge in [0.2, 0.25) is 0 Å². The fraction of sp³-hybridized carbons (Fsp3) is 0.667. The molecule has 1 fully saturated rings. The largest absolute Gasteiger partial charge is 0.383 e. The molecular formula is C12H21N5O. The third-order valence-corrected chi connectivity index (χ3v) is 3.65. The van der Waals surface area contributed by atoms with E-state index in [0.717, 1.165) is 12.8 Å². The lowest BCUT2D eigenvalue weighted by atomic mass is 10.00. The van der Waals surface area contributed by atoms with Crippen LogP contribution in [0.25, 0.3) is 0 Å². The van der Waals surface area contributed by atoms with Crippen molar-refractivity contribution in [2.75, 3.05) is 5.73 Å². The van der Waals surface area contributed by atoms with Crippen molar-refractivity contribution in [2.24, 2.45) is 7.05 Å². The minimum absolute atomic E-state index is 0.179. The number of hydrogen-bond donors (Lipinski definition) is 2. The van der Waals surface area contributed by atoms with Gasteiger partial charge >= 0.3 is 0 Å². The molecule has 0 spiro atoms. The van der Waals surface area contributed by atoms with Crippen molar-refractivity contribution in [2.45, 2.75) is 45.2 Å². The molecule has 18 heavy (non-hydrogen) atoms. The average Bonchev–Trinajstić information content (AvgIpc) is 2.65. The lowest BCUT2D eigenvalue weighted by Gasteiger charge is -2.38. The summed E-state index contributed by atoms with van der Waals surface area (Å²) in [7, 11) is 1.72. The summed E-state index contributed by atoms with van der Waals surface area (Å²) in [6.07, 6.45) is 4.92. The second-order valence-electron chi connectivity index (χ2n) is 5.04. The van der Waals surface area contributed by atoms with Crippen molar-refractivity contribution in [3.05, 3.63) is 11.8 Å². The number of rotatable bonds is 2. The number of nitrogens with zero attached hydrogens (tertiary/aromatic N) is 3. The summed E-state index contributed by atoms with van der Waals surface area (Å²) in [6.45, 7) is 4.26. The highest BCUT2D eigenvalue weighted by molar-refractivity contribution is 5.97. The molecule has 1 aromatic rings. The Morgan fingerprint density at radius 1 is 1.44 bits per heavy atom. The van der Waals surface area contributed by atoms with E-state index in [1.807, 2.05) is 5.01 Å². The van der Waals surface area contributed by atoms with Gasteiger partial charge in [-0.15, -0.1) is 0 Å². The van der Waals surface area contributed by atoms with Crippen LogP contribution >= 0.6 is 0 Å². The van der Waals surface area contributed by atoms with Crippen molar-refractivity contribution in [3.8, 4) is 0 Å². The molecule has 2 atom stereocenters. The van der Waals surface area contributed by atoms with E-state index in [0.29, 0.717) is 23.5 Å². The summed E-state index contributed by atoms with van der Waals surface area (Å²) < 4.78 is 1.50. The van der Waals surface area contributed by atoms with Gasteiger partial charge in [-0.3, -0.25) is 14.9 Å². The summed E-state index contributed by atoms with van der Waals surface area (Å²) in [4.78, 5) is 12.2. The van der Waals surface area contributed by atoms with Crippen LogP contribution in [-0.2, 0) is 7.05 Å². The number of hydrazine groups is 1. The van der Waals surface area contributed by atoms with Gasteiger partial charge in [-0.25, -0.2) is 5.01 Å². The number of carbonyl (C=O) groups excluding carboxylic acids is 1. The zero-order valence-electron chi connectivity index (χ0n) is 11.2. The average molecular weight is 251 g/mol. The summed E-state index contributed by atoms with van der Waals surface area (Å²) in [5, 5.41) is 6.01. The molecule has 3 N–H and O–H groups in total. The van der Waals surface area contributed by atoms with Crippen LogP contribution in [0.15, 0.2) is 6.20 Å². The van der Waals surface area contributed by atoms with Gasteiger partial charge in [-0.1, -0.05) is 6.42 Å². The molecule has 6 nitrogen and oxygen atoms in total. The summed E-state index contributed by atoms with van der Waals surface area (Å²) in [5.74, 6) is 0.214. The number of carbonyl (C=O) groups is 1. The Labute approximate surface area is 107 Å². The minimum atomic E-state index is -0.179. The van der Waals surface area contributed by atoms with E-state index in [-0.39, 0.29) is 5.91 Å². The first kappa shape index (κ1) is 12.9. The molecule has 2 unspecified atom stereocenters. The van der Waals surface area contributed by atoms with Crippen LogP contribution in [0.2, 0.25) is 0 Å². The highest BCUT2D eigenvalue weighted by atomic mass is 16.2. The maximum Gasteiger partial charge on any atom is 0.270 e. The van der Waals surface area contributed by atoms with Crippen LogP contribution in [0.3, 0.4) is 0 Å². The van der Waals surface area contributed by atoms with E-state index < -0.39 is 0 Å². The summed E-state index contributed by atoms with van der Waals surface area (Å²) in [6, 6.07) is 0.714. The molecule has 0 saturated carbocycles. The molecule has 0 radical (unpaired) electrons. The lowest BCUT2D eigenvalue weighted by molar-refractivity contribution is 0.0370. The highest BCUT2D eigenvalue weighted by Gasteiger charge is 2.27. The Balaban J connectivity index is 2.09. The van der Waals surface area contributed by atoms with Crippen LogP contribution in [-0.4, -0.2) is 32.8 Å². The van der Waals surface area contributed by atoms with E-state index in [1.165, 1.54) is 17.3 Å². The molecule has 0 aromatic carbocycles. The zero-order chi connectivity index (χ0) is 13.3. The van der Waals surface area contributed by atoms with Gasteiger partial charge < -0.3 is 5.73 Å². The number of nitrogens with one attached hydrogen (secondary N) is 1. The SMILES string of the molecule is CC1CCCC(C)N1NC(=O)c1cnn(C)c1N. The number of nitrogens with two attached hydrogens (primary N) is 1. The number of aromatic nitrogens is 2. The number of hydrogen-bond acceptors (Lipinski definition) is 4. The van der Waals surface area contributed by atoms with Crippen molar-refractivity contribution >= 4 is 11.7 Å². The maximum atomic E-state index is 12.2. The van der Waals surface area contributed by atoms with Crippen molar-refractivity contribution in [1.82, 2.24) is 20.2 Å². The van der Waals surface area contributed by atoms with E-state index >= 15 is 0 Å². The Hall–Kier alpha value is -1.56. The first-order chi connectivity index (χ1) is 8.50. The quantitative estimate of drug-likeness (QED) is 0.819. The van der Waals surface area contributed by atoms with Crippen LogP contribution in [0.5, 0.6) is 0 Å². The Bertz CT molecular complexity index is 432. The molecule has 2 rings (SSSR count). The molecule has 1 saturated heterocycles. The fourth-order valence-corrected chi connectivity index (χ4v) is 2.44. The third-order valence-electron chi connectivity index (χ3n) is 3.65. The zero-order valence-corrected chi connectivity index (χ0v) is 11.2. The third kappa shape index (κ3) is 2.33. The second kappa shape index (κ2) is 4.97. The smallest absolute Gasteiger partial charge is 0.270 e. The predicted octanol–water partition coefficient (Wildman–Crippen LogP) is 0.910. The van der Waals surface area contributed by atoms with Crippen LogP contribution in [0.4, 0.5) is 5.82 Å². The first-order valence-electron chi connectivity index (χ1n) is 6.37. The Kier molecular flexibility index (Phi) is 3.56. The van der Waals surface area contributed by atoms with Crippen molar-refractivity contribution in [1.29, 1.82) is 0 Å². The van der Waals surface area contributed by atoms with Crippen LogP contribution in [0, 0.1) is 0 Å². The predicted molar refractivity (Wildman–Crippen MR) is 69.7 cm³/mol. The van der Waals surface area contributed by atoms with Gasteiger partial charge in [0.25, 0.3) is 5.91 Å². The monoisotopic (exact) mass is 251 g/mol. The number of amides is 1. The topological polar surface area (TPSA) is 76.2 Å². The van der Waals surface area contributed by atoms with Crippen molar-refractivity contribution < 1.29 is 4.79 Å². The van der Waals surface area contributed by atoms with E-state index in [9.17, 15) is 4.79 Å². The molecule has 1 aliphatic heterocycles. The molecule has 6 heteroatoms. The van der Waals surface area contributed by atoms with E-state index in [2.05, 4.69) is 24.4 Å². The van der Waals surface area contributed by atoms with Gasteiger partial charge in [0, 0.05) is 19.1 Å². The molecule has 100 valence electrons. The maximum absolute atomic E-state index is 12.2. The highest BCUT2D eigenvalue weighted by Crippen LogP contribution is 2.21. The second-order valence-corrected chi connectivity index (χ2v) is 5.04. The number of aryl methyl sites for hydroxylation is 1. The molecule has 2 heterocycles. The van der Waals surface area contributed by atoms with Crippen LogP contribution < -0.4 is 11.2 Å². The Morgan fingerprint density at radius 3 is 2.56 bits per heavy atom. The standard InChI is InChI=1S/C12H21N5O/c1-8-5-4-6-9(2)17(8)15-12(18)10-7-14-16(3)11(10)13/h7-9H,4-6,13H2,1-3H3,(H,15,18). The molecule has 1 amide bonds. The molecule has 0 aliphatic carbocycles. The Morgan fingerprint density at radius 2 is 2.06 bits per heavy atom. The fourth-order valence-electron chi connectivity index (χ4n) is 2.44. The molecule has 0 bridgehead atoms. The van der Waals surface area contributed by atoms with Gasteiger partial charge in [0.1, 0.15) is 11.4 Å². The number of anilines is 1. The minimum Gasteiger partial charge on any atom is -0.383 e. The van der Waals surface area contributed by atoms with Gasteiger partial charge in [-0.2, -0.15) is 5.10 Å². The summed E-state index contributed by atoms with van der Waals surface area (Å²) >= 11 is 0. The molecular weight excluding hydrogens is 230 g/mol. The van der Waals surface area contributed by atoms with Gasteiger partial charge in [-0.05, 0) is 26.7 Å². The number of nitrogen functional groups attached to an aromatic ring is 1. The summed E-state index contributed by atoms with van der Waals surface area (Å²) in [5.41, 5.74) is 9.18. The normalized spacial score (nSPS) is 25.1. The van der Waals surface area contributed by atoms with Crippen LogP contribution in [0.1, 0.15) is 43.5 Å². The lowest BCUT2D eigenvalue weighted by Crippen LogP contribution is -2.54. The van der Waals surface area contributed by atoms with E-state index in [1.54, 1.807) is 7.05 Å². The van der Waals surface area contributed by atoms with Crippen molar-refractivity contribution in [3.63, 3.8) is 0 Å². The molecule has 1 aromatic heterocycles. The van der Waals surface area contributed by atoms with E-state index in [4.69, 9.17) is 5.73 Å². The molecule has 1 aliphatic rings.